The van der Waals surface area contributed by atoms with Gasteiger partial charge in [-0.25, -0.2) is 9.69 Å². The SMILES string of the molecule is Cc1ccccc1N1C(=O)NC(=O)/C(=C/c2ccc(Sc3ccc(Cl)cc3)o2)C1=O. The Kier molecular flexibility index (Phi) is 5.48. The van der Waals surface area contributed by atoms with Gasteiger partial charge in [0.15, 0.2) is 5.09 Å². The molecular weight excluding hydrogens is 424 g/mol. The van der Waals surface area contributed by atoms with Crippen molar-refractivity contribution in [3.8, 4) is 0 Å². The van der Waals surface area contributed by atoms with Crippen LogP contribution in [0.5, 0.6) is 0 Å². The number of hydrogen-bond donors (Lipinski definition) is 1. The first-order valence-electron chi connectivity index (χ1n) is 8.93. The number of carbonyl (C=O) groups excluding carboxylic acids is 3. The number of carbonyl (C=O) groups is 3. The molecule has 1 saturated heterocycles. The Hall–Kier alpha value is -3.29. The Morgan fingerprint density at radius 1 is 1.00 bits per heavy atom. The monoisotopic (exact) mass is 438 g/mol. The van der Waals surface area contributed by atoms with Gasteiger partial charge in [-0.05, 0) is 61.0 Å². The molecule has 8 heteroatoms. The summed E-state index contributed by atoms with van der Waals surface area (Å²) in [6.45, 7) is 1.78. The van der Waals surface area contributed by atoms with Crippen LogP contribution >= 0.6 is 23.4 Å². The largest absolute Gasteiger partial charge is 0.450 e. The Morgan fingerprint density at radius 3 is 2.47 bits per heavy atom. The summed E-state index contributed by atoms with van der Waals surface area (Å²) in [5.41, 5.74) is 0.960. The minimum Gasteiger partial charge on any atom is -0.450 e. The molecule has 0 bridgehead atoms. The first-order valence-corrected chi connectivity index (χ1v) is 10.1. The first kappa shape index (κ1) is 20.0. The third-order valence-corrected chi connectivity index (χ3v) is 5.56. The molecule has 0 unspecified atom stereocenters. The average Bonchev–Trinajstić information content (AvgIpc) is 3.15. The van der Waals surface area contributed by atoms with Crippen molar-refractivity contribution >= 4 is 53.0 Å². The van der Waals surface area contributed by atoms with Crippen LogP contribution in [0.25, 0.3) is 6.08 Å². The lowest BCUT2D eigenvalue weighted by molar-refractivity contribution is -0.122. The highest BCUT2D eigenvalue weighted by Crippen LogP contribution is 2.31. The van der Waals surface area contributed by atoms with Gasteiger partial charge in [0.1, 0.15) is 11.3 Å². The van der Waals surface area contributed by atoms with Crippen LogP contribution in [-0.4, -0.2) is 17.8 Å². The van der Waals surface area contributed by atoms with Crippen LogP contribution in [0.15, 0.2) is 80.6 Å². The van der Waals surface area contributed by atoms with Crippen molar-refractivity contribution in [1.82, 2.24) is 5.32 Å². The Balaban J connectivity index is 1.61. The van der Waals surface area contributed by atoms with Crippen LogP contribution < -0.4 is 10.2 Å². The van der Waals surface area contributed by atoms with E-state index in [1.54, 1.807) is 55.5 Å². The molecule has 1 aliphatic heterocycles. The first-order chi connectivity index (χ1) is 14.4. The van der Waals surface area contributed by atoms with Gasteiger partial charge in [-0.2, -0.15) is 0 Å². The minimum atomic E-state index is -0.783. The third kappa shape index (κ3) is 4.03. The fraction of sp³-hybridized carbons (Fsp3) is 0.0455. The van der Waals surface area contributed by atoms with E-state index in [-0.39, 0.29) is 5.57 Å². The van der Waals surface area contributed by atoms with Crippen molar-refractivity contribution in [2.45, 2.75) is 16.9 Å². The normalized spacial score (nSPS) is 15.6. The highest BCUT2D eigenvalue weighted by Gasteiger charge is 2.37. The highest BCUT2D eigenvalue weighted by atomic mass is 35.5. The summed E-state index contributed by atoms with van der Waals surface area (Å²) in [5, 5.41) is 3.43. The van der Waals surface area contributed by atoms with Crippen LogP contribution in [0.4, 0.5) is 10.5 Å². The van der Waals surface area contributed by atoms with E-state index >= 15 is 0 Å². The van der Waals surface area contributed by atoms with Crippen LogP contribution in [-0.2, 0) is 9.59 Å². The molecule has 1 fully saturated rings. The molecule has 1 aliphatic rings. The molecule has 1 N–H and O–H groups in total. The van der Waals surface area contributed by atoms with Crippen LogP contribution in [0, 0.1) is 6.92 Å². The maximum Gasteiger partial charge on any atom is 0.335 e. The molecule has 1 aromatic heterocycles. The molecule has 3 aromatic rings. The number of benzene rings is 2. The van der Waals surface area contributed by atoms with Crippen LogP contribution in [0.2, 0.25) is 5.02 Å². The van der Waals surface area contributed by atoms with E-state index < -0.39 is 17.8 Å². The van der Waals surface area contributed by atoms with Gasteiger partial charge in [0.25, 0.3) is 11.8 Å². The maximum atomic E-state index is 12.9. The number of furan rings is 1. The Bertz CT molecular complexity index is 1180. The van der Waals surface area contributed by atoms with Gasteiger partial charge in [-0.15, -0.1) is 0 Å². The zero-order chi connectivity index (χ0) is 21.3. The zero-order valence-corrected chi connectivity index (χ0v) is 17.3. The zero-order valence-electron chi connectivity index (χ0n) is 15.7. The lowest BCUT2D eigenvalue weighted by atomic mass is 10.1. The number of imide groups is 2. The summed E-state index contributed by atoms with van der Waals surface area (Å²) in [4.78, 5) is 39.4. The second kappa shape index (κ2) is 8.22. The number of anilines is 1. The topological polar surface area (TPSA) is 79.6 Å². The van der Waals surface area contributed by atoms with Crippen molar-refractivity contribution in [3.05, 3.63) is 82.6 Å². The second-order valence-electron chi connectivity index (χ2n) is 6.46. The quantitative estimate of drug-likeness (QED) is 0.455. The fourth-order valence-corrected chi connectivity index (χ4v) is 3.82. The number of hydrogen-bond acceptors (Lipinski definition) is 5. The van der Waals surface area contributed by atoms with E-state index in [0.29, 0.717) is 21.6 Å². The van der Waals surface area contributed by atoms with Gasteiger partial charge in [-0.3, -0.25) is 14.9 Å². The van der Waals surface area contributed by atoms with E-state index in [2.05, 4.69) is 5.32 Å². The molecule has 0 saturated carbocycles. The van der Waals surface area contributed by atoms with Crippen molar-refractivity contribution in [1.29, 1.82) is 0 Å². The molecule has 4 amide bonds. The van der Waals surface area contributed by atoms with Crippen molar-refractivity contribution in [2.24, 2.45) is 0 Å². The molecular formula is C22H15ClN2O4S. The summed E-state index contributed by atoms with van der Waals surface area (Å²) in [6, 6.07) is 16.8. The van der Waals surface area contributed by atoms with E-state index in [9.17, 15) is 14.4 Å². The number of nitrogens with zero attached hydrogens (tertiary/aromatic N) is 1. The number of para-hydroxylation sites is 1. The van der Waals surface area contributed by atoms with Crippen LogP contribution in [0.1, 0.15) is 11.3 Å². The lowest BCUT2D eigenvalue weighted by Gasteiger charge is -2.27. The van der Waals surface area contributed by atoms with Gasteiger partial charge in [0.2, 0.25) is 0 Å². The van der Waals surface area contributed by atoms with Gasteiger partial charge in [0.05, 0.1) is 5.69 Å². The average molecular weight is 439 g/mol. The fourth-order valence-electron chi connectivity index (χ4n) is 2.92. The number of rotatable bonds is 4. The van der Waals surface area contributed by atoms with E-state index in [1.165, 1.54) is 17.8 Å². The number of halogens is 1. The van der Waals surface area contributed by atoms with Crippen molar-refractivity contribution < 1.29 is 18.8 Å². The number of urea groups is 1. The van der Waals surface area contributed by atoms with E-state index in [0.717, 1.165) is 15.4 Å². The molecule has 0 aliphatic carbocycles. The molecule has 4 rings (SSSR count). The number of barbiturate groups is 1. The summed E-state index contributed by atoms with van der Waals surface area (Å²) >= 11 is 7.27. The van der Waals surface area contributed by atoms with E-state index in [4.69, 9.17) is 16.0 Å². The van der Waals surface area contributed by atoms with Crippen molar-refractivity contribution in [3.63, 3.8) is 0 Å². The minimum absolute atomic E-state index is 0.185. The van der Waals surface area contributed by atoms with Crippen LogP contribution in [0.3, 0.4) is 0 Å². The summed E-state index contributed by atoms with van der Waals surface area (Å²) in [6.07, 6.45) is 1.33. The highest BCUT2D eigenvalue weighted by molar-refractivity contribution is 7.99. The molecule has 0 atom stereocenters. The van der Waals surface area contributed by atoms with Gasteiger partial charge in [0, 0.05) is 9.92 Å². The van der Waals surface area contributed by atoms with Gasteiger partial charge in [-0.1, -0.05) is 41.6 Å². The number of amides is 4. The number of nitrogens with one attached hydrogen (secondary N) is 1. The Labute approximate surface area is 181 Å². The van der Waals surface area contributed by atoms with Gasteiger partial charge < -0.3 is 4.42 Å². The predicted octanol–water partition coefficient (Wildman–Crippen LogP) is 5.06. The summed E-state index contributed by atoms with van der Waals surface area (Å²) in [7, 11) is 0. The summed E-state index contributed by atoms with van der Waals surface area (Å²) in [5.74, 6) is -1.15. The standard InChI is InChI=1S/C22H15ClN2O4S/c1-13-4-2-3-5-18(13)25-21(27)17(20(26)24-22(25)28)12-15-8-11-19(29-15)30-16-9-6-14(23)7-10-16/h2-12H,1H3,(H,24,26,28)/b17-12-. The molecule has 0 spiro atoms. The van der Waals surface area contributed by atoms with Crippen molar-refractivity contribution in [2.75, 3.05) is 4.90 Å². The molecule has 30 heavy (non-hydrogen) atoms. The summed E-state index contributed by atoms with van der Waals surface area (Å²) < 4.78 is 5.73. The third-order valence-electron chi connectivity index (χ3n) is 4.38. The molecule has 0 radical (unpaired) electrons. The molecule has 6 nitrogen and oxygen atoms in total. The van der Waals surface area contributed by atoms with Gasteiger partial charge >= 0.3 is 6.03 Å². The second-order valence-corrected chi connectivity index (χ2v) is 7.97. The predicted molar refractivity (Wildman–Crippen MR) is 114 cm³/mol. The molecule has 150 valence electrons. The van der Waals surface area contributed by atoms with E-state index in [1.807, 2.05) is 12.1 Å². The smallest absolute Gasteiger partial charge is 0.335 e. The molecule has 2 aromatic carbocycles. The molecule has 2 heterocycles. The lowest BCUT2D eigenvalue weighted by Crippen LogP contribution is -2.54. The number of aryl methyl sites for hydroxylation is 1. The Morgan fingerprint density at radius 2 is 1.73 bits per heavy atom. The maximum absolute atomic E-state index is 12.9.